The molecule has 0 atom stereocenters. The Morgan fingerprint density at radius 1 is 0.275 bits per heavy atom. The quantitative estimate of drug-likeness (QED) is 0.164. The molecule has 0 N–H and O–H groups in total. The van der Waals surface area contributed by atoms with Crippen LogP contribution in [0.3, 0.4) is 0 Å². The summed E-state index contributed by atoms with van der Waals surface area (Å²) in [5.74, 6) is 0. The van der Waals surface area contributed by atoms with Crippen LogP contribution < -0.4 is 0 Å². The highest BCUT2D eigenvalue weighted by atomic mass is 15.0. The number of para-hydroxylation sites is 2. The predicted octanol–water partition coefficient (Wildman–Crippen LogP) is 13.8. The van der Waals surface area contributed by atoms with Crippen molar-refractivity contribution in [2.24, 2.45) is 0 Å². The van der Waals surface area contributed by atoms with Crippen molar-refractivity contribution < 1.29 is 0 Å². The Morgan fingerprint density at radius 2 is 0.725 bits per heavy atom. The summed E-state index contributed by atoms with van der Waals surface area (Å²) in [5.41, 5.74) is 13.5. The lowest BCUT2D eigenvalue weighted by molar-refractivity contribution is 1.18. The van der Waals surface area contributed by atoms with E-state index >= 15 is 0 Å². The van der Waals surface area contributed by atoms with Crippen LogP contribution in [0.2, 0.25) is 0 Å². The summed E-state index contributed by atoms with van der Waals surface area (Å²) < 4.78 is 2.39. The van der Waals surface area contributed by atoms with E-state index < -0.39 is 0 Å². The van der Waals surface area contributed by atoms with Crippen LogP contribution in [0.5, 0.6) is 0 Å². The van der Waals surface area contributed by atoms with E-state index in [1.165, 1.54) is 93.5 Å². The minimum Gasteiger partial charge on any atom is -0.309 e. The van der Waals surface area contributed by atoms with Crippen molar-refractivity contribution in [2.75, 3.05) is 0 Å². The van der Waals surface area contributed by atoms with Crippen LogP contribution in [-0.2, 0) is 0 Å². The van der Waals surface area contributed by atoms with Crippen LogP contribution in [-0.4, -0.2) is 4.57 Å². The maximum Gasteiger partial charge on any atom is 0.0547 e. The van der Waals surface area contributed by atoms with Crippen molar-refractivity contribution in [1.29, 1.82) is 0 Å². The van der Waals surface area contributed by atoms with Gasteiger partial charge in [0.05, 0.1) is 11.0 Å². The Hall–Kier alpha value is -6.70. The van der Waals surface area contributed by atoms with E-state index in [1.54, 1.807) is 0 Å². The highest BCUT2D eigenvalue weighted by molar-refractivity contribution is 6.22. The van der Waals surface area contributed by atoms with Gasteiger partial charge in [-0.2, -0.15) is 0 Å². The molecule has 1 nitrogen and oxygen atoms in total. The molecule has 10 aromatic rings. The Labute approximate surface area is 297 Å². The average molecular weight is 648 g/mol. The van der Waals surface area contributed by atoms with Gasteiger partial charge in [-0.3, -0.25) is 0 Å². The normalized spacial score (nSPS) is 11.5. The van der Waals surface area contributed by atoms with Crippen LogP contribution >= 0.6 is 0 Å². The minimum absolute atomic E-state index is 1.17. The highest BCUT2D eigenvalue weighted by Gasteiger charge is 2.19. The minimum atomic E-state index is 1.17. The molecule has 1 heteroatoms. The fourth-order valence-electron chi connectivity index (χ4n) is 8.17. The number of fused-ring (bicyclic) bond motifs is 5. The Kier molecular flexibility index (Phi) is 6.89. The van der Waals surface area contributed by atoms with Crippen LogP contribution in [0, 0.1) is 0 Å². The van der Waals surface area contributed by atoms with Gasteiger partial charge in [-0.05, 0) is 96.4 Å². The van der Waals surface area contributed by atoms with Gasteiger partial charge in [0.1, 0.15) is 0 Å². The molecule has 0 aliphatic carbocycles. The first kappa shape index (κ1) is 29.2. The van der Waals surface area contributed by atoms with Crippen molar-refractivity contribution in [3.63, 3.8) is 0 Å². The maximum absolute atomic E-state index is 2.39. The molecule has 0 aliphatic rings. The first-order chi connectivity index (χ1) is 25.3. The molecule has 0 saturated heterocycles. The van der Waals surface area contributed by atoms with Gasteiger partial charge in [-0.25, -0.2) is 0 Å². The van der Waals surface area contributed by atoms with Crippen molar-refractivity contribution in [3.05, 3.63) is 200 Å². The van der Waals surface area contributed by atoms with E-state index in [0.717, 1.165) is 0 Å². The molecule has 0 amide bonds. The van der Waals surface area contributed by atoms with E-state index in [4.69, 9.17) is 0 Å². The molecule has 1 aromatic heterocycles. The van der Waals surface area contributed by atoms with Gasteiger partial charge in [0.15, 0.2) is 0 Å². The molecule has 0 spiro atoms. The maximum atomic E-state index is 2.39. The zero-order chi connectivity index (χ0) is 33.7. The molecule has 10 rings (SSSR count). The third-order valence-corrected chi connectivity index (χ3v) is 10.4. The monoisotopic (exact) mass is 647 g/mol. The molecule has 1 heterocycles. The van der Waals surface area contributed by atoms with Crippen molar-refractivity contribution in [3.8, 4) is 50.2 Å². The van der Waals surface area contributed by atoms with Crippen molar-refractivity contribution in [1.82, 2.24) is 4.57 Å². The lowest BCUT2D eigenvalue weighted by atomic mass is 9.85. The largest absolute Gasteiger partial charge is 0.309 e. The van der Waals surface area contributed by atoms with Gasteiger partial charge in [-0.15, -0.1) is 0 Å². The zero-order valence-corrected chi connectivity index (χ0v) is 28.0. The smallest absolute Gasteiger partial charge is 0.0547 e. The molecule has 0 aliphatic heterocycles. The lowest BCUT2D eigenvalue weighted by Gasteiger charge is -2.18. The molecule has 238 valence electrons. The van der Waals surface area contributed by atoms with E-state index in [0.29, 0.717) is 0 Å². The van der Waals surface area contributed by atoms with Crippen LogP contribution in [0.4, 0.5) is 0 Å². The van der Waals surface area contributed by atoms with Gasteiger partial charge in [0, 0.05) is 16.5 Å². The van der Waals surface area contributed by atoms with Gasteiger partial charge < -0.3 is 4.57 Å². The number of aromatic nitrogens is 1. The second-order valence-corrected chi connectivity index (χ2v) is 13.3. The third kappa shape index (κ3) is 4.78. The van der Waals surface area contributed by atoms with Gasteiger partial charge in [0.2, 0.25) is 0 Å². The SMILES string of the molecule is c1ccc(-c2ccc(-c3c4ccccc4c(-c4cccc(-c5cccc6c5c5ccccc5n6-c5ccccc5)c4)c4ccccc34)cc2)cc1. The number of hydrogen-bond acceptors (Lipinski definition) is 0. The number of hydrogen-bond donors (Lipinski definition) is 0. The Balaban J connectivity index is 1.18. The summed E-state index contributed by atoms with van der Waals surface area (Å²) in [6.45, 7) is 0. The average Bonchev–Trinajstić information content (AvgIpc) is 3.55. The van der Waals surface area contributed by atoms with E-state index in [1.807, 2.05) is 0 Å². The zero-order valence-electron chi connectivity index (χ0n) is 28.0. The third-order valence-electron chi connectivity index (χ3n) is 10.4. The first-order valence-electron chi connectivity index (χ1n) is 17.6. The molecular weight excluding hydrogens is 615 g/mol. The highest BCUT2D eigenvalue weighted by Crippen LogP contribution is 2.45. The van der Waals surface area contributed by atoms with E-state index in [9.17, 15) is 0 Å². The molecule has 51 heavy (non-hydrogen) atoms. The molecular formula is C50H33N. The standard InChI is InChI=1S/C50H33N/c1-3-15-34(16-4-1)35-29-31-36(32-30-35)48-41-21-7-9-23-43(41)49(44-24-10-8-22-42(44)48)38-18-13-17-37(33-38)40-26-14-28-47-50(40)45-25-11-12-27-46(45)51(47)39-19-5-2-6-20-39/h1-33H. The van der Waals surface area contributed by atoms with Crippen LogP contribution in [0.15, 0.2) is 200 Å². The van der Waals surface area contributed by atoms with Crippen LogP contribution in [0.1, 0.15) is 0 Å². The molecule has 0 bridgehead atoms. The van der Waals surface area contributed by atoms with E-state index in [-0.39, 0.29) is 0 Å². The second-order valence-electron chi connectivity index (χ2n) is 13.3. The van der Waals surface area contributed by atoms with Gasteiger partial charge in [-0.1, -0.05) is 170 Å². The predicted molar refractivity (Wildman–Crippen MR) is 218 cm³/mol. The van der Waals surface area contributed by atoms with Gasteiger partial charge in [0.25, 0.3) is 0 Å². The summed E-state index contributed by atoms with van der Waals surface area (Å²) in [7, 11) is 0. The number of rotatable bonds is 5. The summed E-state index contributed by atoms with van der Waals surface area (Å²) in [6.07, 6.45) is 0. The lowest BCUT2D eigenvalue weighted by Crippen LogP contribution is -1.93. The van der Waals surface area contributed by atoms with E-state index in [2.05, 4.69) is 205 Å². The summed E-state index contributed by atoms with van der Waals surface area (Å²) in [5, 5.41) is 7.58. The van der Waals surface area contributed by atoms with Crippen molar-refractivity contribution in [2.45, 2.75) is 0 Å². The summed E-state index contributed by atoms with van der Waals surface area (Å²) >= 11 is 0. The second kappa shape index (κ2) is 12.0. The molecule has 0 saturated carbocycles. The molecule has 9 aromatic carbocycles. The number of nitrogens with zero attached hydrogens (tertiary/aromatic N) is 1. The Morgan fingerprint density at radius 3 is 1.39 bits per heavy atom. The van der Waals surface area contributed by atoms with Crippen molar-refractivity contribution >= 4 is 43.4 Å². The fraction of sp³-hybridized carbons (Fsp3) is 0. The Bertz CT molecular complexity index is 2820. The number of benzene rings is 9. The van der Waals surface area contributed by atoms with Gasteiger partial charge >= 0.3 is 0 Å². The fourth-order valence-corrected chi connectivity index (χ4v) is 8.17. The molecule has 0 radical (unpaired) electrons. The molecule has 0 fully saturated rings. The topological polar surface area (TPSA) is 4.93 Å². The molecule has 0 unspecified atom stereocenters. The van der Waals surface area contributed by atoms with Crippen LogP contribution in [0.25, 0.3) is 93.5 Å². The first-order valence-corrected chi connectivity index (χ1v) is 17.6. The summed E-state index contributed by atoms with van der Waals surface area (Å²) in [6, 6.07) is 72.9. The summed E-state index contributed by atoms with van der Waals surface area (Å²) in [4.78, 5) is 0.